The minimum atomic E-state index is 0.666. The van der Waals surface area contributed by atoms with Gasteiger partial charge in [-0.2, -0.15) is 0 Å². The zero-order valence-corrected chi connectivity index (χ0v) is 14.9. The summed E-state index contributed by atoms with van der Waals surface area (Å²) in [5.74, 6) is 2.23. The minimum absolute atomic E-state index is 0.666. The highest BCUT2D eigenvalue weighted by molar-refractivity contribution is 6.02. The quantitative estimate of drug-likeness (QED) is 0.673. The second-order valence-electron chi connectivity index (χ2n) is 5.46. The average molecular weight is 324 g/mol. The van der Waals surface area contributed by atoms with Gasteiger partial charge < -0.3 is 10.1 Å². The second kappa shape index (κ2) is 8.24. The van der Waals surface area contributed by atoms with Crippen LogP contribution in [-0.2, 0) is 0 Å². The minimum Gasteiger partial charge on any atom is -0.496 e. The summed E-state index contributed by atoms with van der Waals surface area (Å²) in [4.78, 5) is 13.2. The molecule has 0 aliphatic carbocycles. The van der Waals surface area contributed by atoms with Crippen LogP contribution in [0.25, 0.3) is 11.4 Å². The van der Waals surface area contributed by atoms with Crippen molar-refractivity contribution in [1.29, 1.82) is 0 Å². The number of benzene rings is 1. The first-order valence-electron chi connectivity index (χ1n) is 7.97. The van der Waals surface area contributed by atoms with Crippen molar-refractivity contribution in [1.82, 2.24) is 15.3 Å². The van der Waals surface area contributed by atoms with Crippen molar-refractivity contribution in [2.24, 2.45) is 4.99 Å². The molecule has 1 heterocycles. The predicted octanol–water partition coefficient (Wildman–Crippen LogP) is 3.66. The first kappa shape index (κ1) is 17.7. The molecule has 0 aliphatic heterocycles. The van der Waals surface area contributed by atoms with E-state index in [0.29, 0.717) is 5.82 Å². The number of hydrogen-bond donors (Lipinski definition) is 1. The number of rotatable bonds is 5. The maximum Gasteiger partial charge on any atom is 0.159 e. The molecule has 0 atom stereocenters. The topological polar surface area (TPSA) is 59.4 Å². The number of nitrogens with one attached hydrogen (secondary N) is 1. The maximum atomic E-state index is 5.54. The lowest BCUT2D eigenvalue weighted by Gasteiger charge is -2.15. The number of methoxy groups -OCH3 is 1. The summed E-state index contributed by atoms with van der Waals surface area (Å²) < 4.78 is 5.54. The average Bonchev–Trinajstić information content (AvgIpc) is 2.60. The van der Waals surface area contributed by atoms with Gasteiger partial charge in [-0.3, -0.25) is 4.99 Å². The zero-order chi connectivity index (χ0) is 17.5. The van der Waals surface area contributed by atoms with Crippen molar-refractivity contribution in [2.45, 2.75) is 27.2 Å². The van der Waals surface area contributed by atoms with Crippen LogP contribution in [0.4, 0.5) is 0 Å². The van der Waals surface area contributed by atoms with Gasteiger partial charge in [0, 0.05) is 36.1 Å². The standard InChI is InChI=1S/C19H24N4O/c1-6-7-8-21-19(20-4)16-9-15(10-17(24-5)14(16)3)18-22-11-13(2)12-23-18/h7-12H,6H2,1-5H3,(H,20,21)/b8-7+. The van der Waals surface area contributed by atoms with Crippen LogP contribution >= 0.6 is 0 Å². The second-order valence-corrected chi connectivity index (χ2v) is 5.46. The monoisotopic (exact) mass is 324 g/mol. The zero-order valence-electron chi connectivity index (χ0n) is 14.9. The van der Waals surface area contributed by atoms with Crippen molar-refractivity contribution in [3.8, 4) is 17.1 Å². The molecule has 0 fully saturated rings. The number of hydrogen-bond acceptors (Lipinski definition) is 4. The van der Waals surface area contributed by atoms with Gasteiger partial charge in [-0.05, 0) is 44.2 Å². The van der Waals surface area contributed by atoms with E-state index in [9.17, 15) is 0 Å². The molecule has 5 heteroatoms. The van der Waals surface area contributed by atoms with E-state index >= 15 is 0 Å². The lowest BCUT2D eigenvalue weighted by Crippen LogP contribution is -2.20. The van der Waals surface area contributed by atoms with Crippen LogP contribution < -0.4 is 10.1 Å². The number of aromatic nitrogens is 2. The number of nitrogens with zero attached hydrogens (tertiary/aromatic N) is 3. The fraction of sp³-hybridized carbons (Fsp3) is 0.316. The number of ether oxygens (including phenoxy) is 1. The Morgan fingerprint density at radius 1 is 1.25 bits per heavy atom. The highest BCUT2D eigenvalue weighted by atomic mass is 16.5. The molecular formula is C19H24N4O. The van der Waals surface area contributed by atoms with Gasteiger partial charge in [0.1, 0.15) is 11.6 Å². The van der Waals surface area contributed by atoms with Crippen LogP contribution in [0.1, 0.15) is 30.0 Å². The largest absolute Gasteiger partial charge is 0.496 e. The Balaban J connectivity index is 2.52. The van der Waals surface area contributed by atoms with E-state index in [2.05, 4.69) is 27.2 Å². The summed E-state index contributed by atoms with van der Waals surface area (Å²) >= 11 is 0. The van der Waals surface area contributed by atoms with Gasteiger partial charge in [0.15, 0.2) is 5.82 Å². The van der Waals surface area contributed by atoms with Gasteiger partial charge >= 0.3 is 0 Å². The Hall–Kier alpha value is -2.69. The first-order valence-corrected chi connectivity index (χ1v) is 7.97. The summed E-state index contributed by atoms with van der Waals surface area (Å²) in [7, 11) is 3.43. The molecule has 0 bridgehead atoms. The molecule has 0 saturated carbocycles. The van der Waals surface area contributed by atoms with Crippen LogP contribution in [-0.4, -0.2) is 30.0 Å². The number of allylic oxidation sites excluding steroid dienone is 1. The Morgan fingerprint density at radius 3 is 2.54 bits per heavy atom. The van der Waals surface area contributed by atoms with E-state index in [4.69, 9.17) is 4.74 Å². The number of aliphatic imine (C=N–C) groups is 1. The first-order chi connectivity index (χ1) is 11.6. The van der Waals surface area contributed by atoms with Gasteiger partial charge in [0.2, 0.25) is 0 Å². The van der Waals surface area contributed by atoms with Crippen LogP contribution in [0.15, 0.2) is 41.8 Å². The summed E-state index contributed by atoms with van der Waals surface area (Å²) in [6.45, 7) is 6.08. The van der Waals surface area contributed by atoms with Gasteiger partial charge in [0.25, 0.3) is 0 Å². The molecule has 0 spiro atoms. The summed E-state index contributed by atoms with van der Waals surface area (Å²) in [6, 6.07) is 4.00. The number of aryl methyl sites for hydroxylation is 1. The molecule has 0 unspecified atom stereocenters. The molecule has 2 aromatic rings. The molecule has 1 aromatic carbocycles. The molecule has 5 nitrogen and oxygen atoms in total. The van der Waals surface area contributed by atoms with E-state index < -0.39 is 0 Å². The van der Waals surface area contributed by atoms with Crippen LogP contribution in [0, 0.1) is 13.8 Å². The third kappa shape index (κ3) is 3.98. The molecule has 0 saturated heterocycles. The Morgan fingerprint density at radius 2 is 1.96 bits per heavy atom. The normalized spacial score (nSPS) is 11.8. The molecule has 126 valence electrons. The third-order valence-electron chi connectivity index (χ3n) is 3.67. The van der Waals surface area contributed by atoms with Gasteiger partial charge in [-0.25, -0.2) is 9.97 Å². The lowest BCUT2D eigenvalue weighted by atomic mass is 10.0. The molecule has 0 aliphatic rings. The van der Waals surface area contributed by atoms with Crippen molar-refractivity contribution in [3.05, 3.63) is 53.5 Å². The Kier molecular flexibility index (Phi) is 6.07. The fourth-order valence-electron chi connectivity index (χ4n) is 2.33. The fourth-order valence-corrected chi connectivity index (χ4v) is 2.33. The molecule has 0 amide bonds. The molecular weight excluding hydrogens is 300 g/mol. The van der Waals surface area contributed by atoms with Crippen LogP contribution in [0.5, 0.6) is 5.75 Å². The number of amidine groups is 1. The van der Waals surface area contributed by atoms with Gasteiger partial charge in [-0.15, -0.1) is 0 Å². The van der Waals surface area contributed by atoms with Crippen molar-refractivity contribution < 1.29 is 4.74 Å². The van der Waals surface area contributed by atoms with E-state index in [1.165, 1.54) is 0 Å². The Labute approximate surface area is 143 Å². The highest BCUT2D eigenvalue weighted by Gasteiger charge is 2.14. The third-order valence-corrected chi connectivity index (χ3v) is 3.67. The van der Waals surface area contributed by atoms with Gasteiger partial charge in [0.05, 0.1) is 7.11 Å². The molecule has 2 rings (SSSR count). The SMILES string of the molecule is CC/C=C/NC(=NC)c1cc(-c2ncc(C)cn2)cc(OC)c1C. The molecule has 1 N–H and O–H groups in total. The van der Waals surface area contributed by atoms with E-state index in [1.807, 2.05) is 50.6 Å². The lowest BCUT2D eigenvalue weighted by molar-refractivity contribution is 0.411. The molecule has 0 radical (unpaired) electrons. The van der Waals surface area contributed by atoms with Crippen LogP contribution in [0.3, 0.4) is 0 Å². The van der Waals surface area contributed by atoms with E-state index in [0.717, 1.165) is 40.3 Å². The van der Waals surface area contributed by atoms with E-state index in [-0.39, 0.29) is 0 Å². The van der Waals surface area contributed by atoms with E-state index in [1.54, 1.807) is 14.2 Å². The summed E-state index contributed by atoms with van der Waals surface area (Å²) in [5.41, 5.74) is 3.92. The maximum absolute atomic E-state index is 5.54. The summed E-state index contributed by atoms with van der Waals surface area (Å²) in [5, 5.41) is 3.24. The smallest absolute Gasteiger partial charge is 0.159 e. The van der Waals surface area contributed by atoms with Crippen molar-refractivity contribution >= 4 is 5.84 Å². The Bertz CT molecular complexity index is 749. The summed E-state index contributed by atoms with van der Waals surface area (Å²) in [6.07, 6.45) is 8.54. The molecule has 24 heavy (non-hydrogen) atoms. The highest BCUT2D eigenvalue weighted by Crippen LogP contribution is 2.28. The van der Waals surface area contributed by atoms with Crippen molar-refractivity contribution in [2.75, 3.05) is 14.2 Å². The van der Waals surface area contributed by atoms with Crippen LogP contribution in [0.2, 0.25) is 0 Å². The van der Waals surface area contributed by atoms with Gasteiger partial charge in [-0.1, -0.05) is 13.0 Å². The molecule has 1 aromatic heterocycles. The predicted molar refractivity (Wildman–Crippen MR) is 98.5 cm³/mol. The van der Waals surface area contributed by atoms with Crippen molar-refractivity contribution in [3.63, 3.8) is 0 Å².